The van der Waals surface area contributed by atoms with Crippen molar-refractivity contribution in [3.8, 4) is 0 Å². The fourth-order valence-corrected chi connectivity index (χ4v) is 3.87. The Morgan fingerprint density at radius 2 is 1.72 bits per heavy atom. The predicted molar refractivity (Wildman–Crippen MR) is 100 cm³/mol. The Bertz CT molecular complexity index is 649. The molecular weight excluding hydrogens is 340 g/mol. The largest absolute Gasteiger partial charge is 0.445 e. The van der Waals surface area contributed by atoms with Crippen LogP contribution in [-0.4, -0.2) is 63.7 Å². The number of carbonyl (C=O) groups excluding carboxylic acids is 1. The van der Waals surface area contributed by atoms with Gasteiger partial charge in [-0.3, -0.25) is 0 Å². The lowest BCUT2D eigenvalue weighted by Crippen LogP contribution is -2.45. The summed E-state index contributed by atoms with van der Waals surface area (Å²) in [5.74, 6) is 0.185. The van der Waals surface area contributed by atoms with E-state index in [0.717, 1.165) is 5.56 Å². The van der Waals surface area contributed by atoms with Crippen LogP contribution in [0.15, 0.2) is 30.3 Å². The molecule has 1 amide bonds. The van der Waals surface area contributed by atoms with Gasteiger partial charge in [-0.05, 0) is 25.8 Å². The van der Waals surface area contributed by atoms with Crippen LogP contribution in [0, 0.1) is 0 Å². The van der Waals surface area contributed by atoms with Gasteiger partial charge in [0.1, 0.15) is 6.61 Å². The molecule has 7 heteroatoms. The second kappa shape index (κ2) is 8.67. The van der Waals surface area contributed by atoms with E-state index >= 15 is 0 Å². The quantitative estimate of drug-likeness (QED) is 0.676. The molecular formula is C18H31N2O4S+. The summed E-state index contributed by atoms with van der Waals surface area (Å²) in [6, 6.07) is 9.40. The van der Waals surface area contributed by atoms with Crippen LogP contribution in [-0.2, 0) is 21.2 Å². The van der Waals surface area contributed by atoms with Crippen molar-refractivity contribution in [3.63, 3.8) is 0 Å². The fraction of sp³-hybridized carbons (Fsp3) is 0.611. The molecule has 1 aromatic carbocycles. The van der Waals surface area contributed by atoms with Crippen molar-refractivity contribution in [2.45, 2.75) is 32.4 Å². The second-order valence-electron chi connectivity index (χ2n) is 7.99. The maximum atomic E-state index is 12.2. The third-order valence-electron chi connectivity index (χ3n) is 3.76. The number of ether oxygens (including phenoxy) is 1. The van der Waals surface area contributed by atoms with Crippen LogP contribution in [0.2, 0.25) is 0 Å². The van der Waals surface area contributed by atoms with E-state index in [1.807, 2.05) is 51.5 Å². The molecule has 0 atom stereocenters. The number of nitrogens with zero attached hydrogens (tertiary/aromatic N) is 1. The molecule has 0 aliphatic heterocycles. The van der Waals surface area contributed by atoms with Gasteiger partial charge in [-0.25, -0.2) is 13.2 Å². The first-order chi connectivity index (χ1) is 11.4. The van der Waals surface area contributed by atoms with E-state index < -0.39 is 21.5 Å². The number of hydrogen-bond acceptors (Lipinski definition) is 4. The Balaban J connectivity index is 2.42. The SMILES string of the molecule is CC(C)(CCS(=O)(=O)CC[N+](C)(C)C)NC(=O)OCc1ccccc1. The van der Waals surface area contributed by atoms with E-state index in [0.29, 0.717) is 17.4 Å². The van der Waals surface area contributed by atoms with Gasteiger partial charge in [0, 0.05) is 5.54 Å². The van der Waals surface area contributed by atoms with Gasteiger partial charge < -0.3 is 14.5 Å². The zero-order chi connectivity index (χ0) is 19.1. The number of benzene rings is 1. The number of nitrogens with one attached hydrogen (secondary N) is 1. The van der Waals surface area contributed by atoms with Gasteiger partial charge in [-0.15, -0.1) is 0 Å². The lowest BCUT2D eigenvalue weighted by Gasteiger charge is -2.26. The van der Waals surface area contributed by atoms with Gasteiger partial charge in [0.2, 0.25) is 0 Å². The Hall–Kier alpha value is -1.60. The van der Waals surface area contributed by atoms with Gasteiger partial charge in [0.25, 0.3) is 0 Å². The molecule has 0 aliphatic carbocycles. The third-order valence-corrected chi connectivity index (χ3v) is 5.40. The van der Waals surface area contributed by atoms with Crippen LogP contribution in [0.4, 0.5) is 4.79 Å². The van der Waals surface area contributed by atoms with Gasteiger partial charge in [0.15, 0.2) is 9.84 Å². The topological polar surface area (TPSA) is 72.5 Å². The maximum Gasteiger partial charge on any atom is 0.407 e. The number of rotatable bonds is 9. The molecule has 1 rings (SSSR count). The number of hydrogen-bond donors (Lipinski definition) is 1. The molecule has 0 aromatic heterocycles. The normalized spacial score (nSPS) is 12.7. The monoisotopic (exact) mass is 371 g/mol. The van der Waals surface area contributed by atoms with E-state index in [2.05, 4.69) is 5.32 Å². The molecule has 0 spiro atoms. The Labute approximate surface area is 151 Å². The van der Waals surface area contributed by atoms with Crippen molar-refractivity contribution in [2.75, 3.05) is 39.2 Å². The van der Waals surface area contributed by atoms with Crippen LogP contribution in [0.25, 0.3) is 0 Å². The maximum absolute atomic E-state index is 12.2. The second-order valence-corrected chi connectivity index (χ2v) is 10.3. The molecule has 25 heavy (non-hydrogen) atoms. The molecule has 0 bridgehead atoms. The minimum Gasteiger partial charge on any atom is -0.445 e. The number of alkyl carbamates (subject to hydrolysis) is 1. The lowest BCUT2D eigenvalue weighted by molar-refractivity contribution is -0.867. The van der Waals surface area contributed by atoms with Crippen molar-refractivity contribution < 1.29 is 22.4 Å². The van der Waals surface area contributed by atoms with Gasteiger partial charge >= 0.3 is 6.09 Å². The Kier molecular flexibility index (Phi) is 7.44. The number of sulfone groups is 1. The lowest BCUT2D eigenvalue weighted by atomic mass is 10.0. The molecule has 1 aromatic rings. The Morgan fingerprint density at radius 3 is 2.28 bits per heavy atom. The summed E-state index contributed by atoms with van der Waals surface area (Å²) in [7, 11) is 2.74. The molecule has 0 saturated carbocycles. The van der Waals surface area contributed by atoms with Gasteiger partial charge in [-0.1, -0.05) is 30.3 Å². The first-order valence-electron chi connectivity index (χ1n) is 8.38. The van der Waals surface area contributed by atoms with Gasteiger partial charge in [0.05, 0.1) is 39.2 Å². The highest BCUT2D eigenvalue weighted by Gasteiger charge is 2.25. The van der Waals surface area contributed by atoms with Crippen LogP contribution in [0.3, 0.4) is 0 Å². The summed E-state index contributed by atoms with van der Waals surface area (Å²) < 4.78 is 30.1. The van der Waals surface area contributed by atoms with Crippen molar-refractivity contribution in [2.24, 2.45) is 0 Å². The van der Waals surface area contributed by atoms with E-state index in [-0.39, 0.29) is 18.1 Å². The van der Waals surface area contributed by atoms with E-state index in [9.17, 15) is 13.2 Å². The summed E-state index contributed by atoms with van der Waals surface area (Å²) in [6.07, 6.45) is -0.204. The van der Waals surface area contributed by atoms with Crippen molar-refractivity contribution in [1.29, 1.82) is 0 Å². The zero-order valence-corrected chi connectivity index (χ0v) is 16.7. The number of quaternary nitrogens is 1. The van der Waals surface area contributed by atoms with Gasteiger partial charge in [-0.2, -0.15) is 0 Å². The average Bonchev–Trinajstić information content (AvgIpc) is 2.50. The highest BCUT2D eigenvalue weighted by atomic mass is 32.2. The number of amides is 1. The molecule has 0 aliphatic rings. The predicted octanol–water partition coefficient (Wildman–Crippen LogP) is 2.20. The van der Waals surface area contributed by atoms with Crippen LogP contribution in [0.1, 0.15) is 25.8 Å². The highest BCUT2D eigenvalue weighted by molar-refractivity contribution is 7.91. The van der Waals surface area contributed by atoms with E-state index in [1.165, 1.54) is 0 Å². The summed E-state index contributed by atoms with van der Waals surface area (Å²) in [4.78, 5) is 11.9. The third kappa shape index (κ3) is 10.1. The summed E-state index contributed by atoms with van der Waals surface area (Å²) in [5, 5.41) is 2.74. The molecule has 0 fully saturated rings. The molecule has 1 N–H and O–H groups in total. The van der Waals surface area contributed by atoms with Crippen LogP contribution in [0.5, 0.6) is 0 Å². The Morgan fingerprint density at radius 1 is 1.12 bits per heavy atom. The van der Waals surface area contributed by atoms with Crippen molar-refractivity contribution in [3.05, 3.63) is 35.9 Å². The van der Waals surface area contributed by atoms with Crippen LogP contribution >= 0.6 is 0 Å². The van der Waals surface area contributed by atoms with E-state index in [4.69, 9.17) is 4.74 Å². The average molecular weight is 372 g/mol. The molecule has 0 saturated heterocycles. The standard InChI is InChI=1S/C18H30N2O4S/c1-18(2,11-13-25(22,23)14-12-20(3,4)5)19-17(21)24-15-16-9-7-6-8-10-16/h6-10H,11-15H2,1-5H3/p+1. The highest BCUT2D eigenvalue weighted by Crippen LogP contribution is 2.12. The summed E-state index contributed by atoms with van der Waals surface area (Å²) >= 11 is 0. The summed E-state index contributed by atoms with van der Waals surface area (Å²) in [6.45, 7) is 4.35. The number of carbonyl (C=O) groups is 1. The fourth-order valence-electron chi connectivity index (χ4n) is 2.02. The smallest absolute Gasteiger partial charge is 0.407 e. The first kappa shape index (κ1) is 21.4. The minimum atomic E-state index is -3.15. The molecule has 6 nitrogen and oxygen atoms in total. The molecule has 0 unspecified atom stereocenters. The first-order valence-corrected chi connectivity index (χ1v) is 10.2. The van der Waals surface area contributed by atoms with Crippen molar-refractivity contribution >= 4 is 15.9 Å². The van der Waals surface area contributed by atoms with E-state index in [1.54, 1.807) is 13.8 Å². The molecule has 0 heterocycles. The summed E-state index contributed by atoms with van der Waals surface area (Å²) in [5.41, 5.74) is 0.246. The molecule has 0 radical (unpaired) electrons. The van der Waals surface area contributed by atoms with Crippen LogP contribution < -0.4 is 5.32 Å². The van der Waals surface area contributed by atoms with Crippen molar-refractivity contribution in [1.82, 2.24) is 5.32 Å². The molecule has 142 valence electrons. The zero-order valence-electron chi connectivity index (χ0n) is 15.9. The minimum absolute atomic E-state index is 0.0406.